The Morgan fingerprint density at radius 3 is 1.06 bits per heavy atom. The second kappa shape index (κ2) is 13.2. The van der Waals surface area contributed by atoms with Crippen LogP contribution in [0.1, 0.15) is 27.8 Å². The van der Waals surface area contributed by atoms with Gasteiger partial charge < -0.3 is 9.47 Å². The molecule has 9 rings (SSSR count). The maximum absolute atomic E-state index is 6.37. The van der Waals surface area contributed by atoms with Crippen molar-refractivity contribution in [3.63, 3.8) is 0 Å². The number of hydrogen-bond acceptors (Lipinski definition) is 2. The van der Waals surface area contributed by atoms with Gasteiger partial charge in [0.05, 0.1) is 5.41 Å². The highest BCUT2D eigenvalue weighted by atomic mass is 16.5. The van der Waals surface area contributed by atoms with Gasteiger partial charge in [0.15, 0.2) is 0 Å². The first-order valence-electron chi connectivity index (χ1n) is 17.7. The van der Waals surface area contributed by atoms with E-state index in [1.54, 1.807) is 0 Å². The summed E-state index contributed by atoms with van der Waals surface area (Å²) < 4.78 is 12.7. The smallest absolute Gasteiger partial charge is 0.127 e. The zero-order valence-electron chi connectivity index (χ0n) is 28.9. The summed E-state index contributed by atoms with van der Waals surface area (Å²) >= 11 is 0. The average molecular weight is 669 g/mol. The van der Waals surface area contributed by atoms with Gasteiger partial charge in [-0.3, -0.25) is 0 Å². The highest BCUT2D eigenvalue weighted by Crippen LogP contribution is 2.56. The van der Waals surface area contributed by atoms with Crippen LogP contribution in [-0.2, 0) is 5.41 Å². The molecule has 0 atom stereocenters. The van der Waals surface area contributed by atoms with Crippen LogP contribution < -0.4 is 9.47 Å². The molecule has 0 heterocycles. The summed E-state index contributed by atoms with van der Waals surface area (Å²) in [5.74, 6) is 3.20. The van der Waals surface area contributed by atoms with Gasteiger partial charge in [0.25, 0.3) is 0 Å². The normalized spacial score (nSPS) is 12.5. The van der Waals surface area contributed by atoms with Crippen LogP contribution in [0.3, 0.4) is 0 Å². The van der Waals surface area contributed by atoms with Crippen molar-refractivity contribution in [1.29, 1.82) is 0 Å². The van der Waals surface area contributed by atoms with E-state index in [0.717, 1.165) is 28.6 Å². The first-order chi connectivity index (χ1) is 25.6. The molecule has 2 heteroatoms. The summed E-state index contributed by atoms with van der Waals surface area (Å²) in [5, 5.41) is 0. The lowest BCUT2D eigenvalue weighted by Gasteiger charge is -2.34. The predicted molar refractivity (Wildman–Crippen MR) is 212 cm³/mol. The largest absolute Gasteiger partial charge is 0.457 e. The number of aryl methyl sites for hydroxylation is 1. The summed E-state index contributed by atoms with van der Waals surface area (Å²) in [6.45, 7) is 2.11. The lowest BCUT2D eigenvalue weighted by molar-refractivity contribution is 0.482. The number of benzene rings is 8. The van der Waals surface area contributed by atoms with Crippen LogP contribution in [0.2, 0.25) is 0 Å². The minimum absolute atomic E-state index is 0.517. The Labute approximate surface area is 305 Å². The van der Waals surface area contributed by atoms with Crippen LogP contribution in [-0.4, -0.2) is 0 Å². The Bertz CT molecular complexity index is 2420. The molecule has 0 N–H and O–H groups in total. The molecule has 1 aliphatic rings. The van der Waals surface area contributed by atoms with Crippen molar-refractivity contribution in [2.75, 3.05) is 0 Å². The summed E-state index contributed by atoms with van der Waals surface area (Å²) in [6, 6.07) is 70.4. The summed E-state index contributed by atoms with van der Waals surface area (Å²) in [7, 11) is 0. The molecule has 0 saturated carbocycles. The third-order valence-electron chi connectivity index (χ3n) is 10.2. The van der Waals surface area contributed by atoms with Crippen LogP contribution >= 0.6 is 0 Å². The van der Waals surface area contributed by atoms with Gasteiger partial charge in [0.1, 0.15) is 23.0 Å². The van der Waals surface area contributed by atoms with Gasteiger partial charge in [0, 0.05) is 0 Å². The molecule has 1 aliphatic carbocycles. The van der Waals surface area contributed by atoms with E-state index in [1.807, 2.05) is 30.3 Å². The molecule has 2 nitrogen and oxygen atoms in total. The fourth-order valence-electron chi connectivity index (χ4n) is 7.65. The monoisotopic (exact) mass is 668 g/mol. The second-order valence-corrected chi connectivity index (χ2v) is 13.4. The molecule has 248 valence electrons. The van der Waals surface area contributed by atoms with Crippen molar-refractivity contribution >= 4 is 0 Å². The van der Waals surface area contributed by atoms with E-state index in [0.29, 0.717) is 0 Å². The second-order valence-electron chi connectivity index (χ2n) is 13.4. The molecule has 0 aliphatic heterocycles. The van der Waals surface area contributed by atoms with E-state index in [4.69, 9.17) is 9.47 Å². The van der Waals surface area contributed by atoms with Gasteiger partial charge in [-0.05, 0) is 111 Å². The van der Waals surface area contributed by atoms with Crippen LogP contribution in [0, 0.1) is 6.92 Å². The zero-order chi connectivity index (χ0) is 34.9. The van der Waals surface area contributed by atoms with E-state index >= 15 is 0 Å². The molecule has 0 amide bonds. The van der Waals surface area contributed by atoms with Gasteiger partial charge >= 0.3 is 0 Å². The third-order valence-corrected chi connectivity index (χ3v) is 10.2. The fraction of sp³-hybridized carbons (Fsp3) is 0.0400. The Morgan fingerprint density at radius 1 is 0.308 bits per heavy atom. The Balaban J connectivity index is 1.04. The van der Waals surface area contributed by atoms with Crippen molar-refractivity contribution in [3.8, 4) is 56.4 Å². The van der Waals surface area contributed by atoms with E-state index in [1.165, 1.54) is 55.6 Å². The minimum atomic E-state index is -0.517. The topological polar surface area (TPSA) is 18.5 Å². The molecule has 0 bridgehead atoms. The number of ether oxygens (including phenoxy) is 2. The van der Waals surface area contributed by atoms with Crippen molar-refractivity contribution in [2.45, 2.75) is 12.3 Å². The van der Waals surface area contributed by atoms with Crippen molar-refractivity contribution in [3.05, 3.63) is 228 Å². The molecule has 52 heavy (non-hydrogen) atoms. The van der Waals surface area contributed by atoms with E-state index in [9.17, 15) is 0 Å². The van der Waals surface area contributed by atoms with Gasteiger partial charge in [-0.15, -0.1) is 0 Å². The first kappa shape index (κ1) is 31.3. The van der Waals surface area contributed by atoms with Crippen molar-refractivity contribution in [2.24, 2.45) is 0 Å². The Kier molecular flexibility index (Phi) is 7.98. The van der Waals surface area contributed by atoms with Gasteiger partial charge in [0.2, 0.25) is 0 Å². The Hall–Kier alpha value is -6.64. The number of hydrogen-bond donors (Lipinski definition) is 0. The average Bonchev–Trinajstić information content (AvgIpc) is 3.51. The third kappa shape index (κ3) is 5.65. The molecule has 0 saturated heterocycles. The SMILES string of the molecule is Cc1ccc(-c2ccc(Oc3ccc(C4(c5ccc(Oc6ccc(-c7ccccc7)cc6)cc5)c5ccccc5-c5ccccc54)cc3)cc2)cc1. The maximum atomic E-state index is 6.37. The Morgan fingerprint density at radius 2 is 0.635 bits per heavy atom. The standard InChI is InChI=1S/C50H36O2/c1-35-15-17-37(18-16-35)39-21-29-43(30-22-39)52-45-33-25-41(26-34-45)50(48-13-7-5-11-46(48)47-12-6-8-14-49(47)50)40-23-31-44(32-24-40)51-42-27-19-38(20-28-42)36-9-3-2-4-10-36/h2-34H,1H3. The van der Waals surface area contributed by atoms with E-state index in [-0.39, 0.29) is 0 Å². The molecule has 0 aromatic heterocycles. The molecule has 0 spiro atoms. The molecular weight excluding hydrogens is 633 g/mol. The van der Waals surface area contributed by atoms with E-state index < -0.39 is 5.41 Å². The summed E-state index contributed by atoms with van der Waals surface area (Å²) in [5.41, 5.74) is 12.8. The minimum Gasteiger partial charge on any atom is -0.457 e. The highest BCUT2D eigenvalue weighted by Gasteiger charge is 2.45. The molecule has 0 fully saturated rings. The number of rotatable bonds is 8. The highest BCUT2D eigenvalue weighted by molar-refractivity contribution is 5.86. The van der Waals surface area contributed by atoms with Crippen LogP contribution in [0.5, 0.6) is 23.0 Å². The van der Waals surface area contributed by atoms with Crippen LogP contribution in [0.15, 0.2) is 200 Å². The fourth-order valence-corrected chi connectivity index (χ4v) is 7.65. The zero-order valence-corrected chi connectivity index (χ0v) is 28.9. The van der Waals surface area contributed by atoms with Gasteiger partial charge in [-0.25, -0.2) is 0 Å². The molecular formula is C50H36O2. The first-order valence-corrected chi connectivity index (χ1v) is 17.7. The van der Waals surface area contributed by atoms with E-state index in [2.05, 4.69) is 177 Å². The molecule has 0 radical (unpaired) electrons. The number of fused-ring (bicyclic) bond motifs is 3. The molecule has 8 aromatic carbocycles. The molecule has 8 aromatic rings. The summed E-state index contributed by atoms with van der Waals surface area (Å²) in [4.78, 5) is 0. The van der Waals surface area contributed by atoms with Gasteiger partial charge in [-0.1, -0.05) is 157 Å². The lowest BCUT2D eigenvalue weighted by Crippen LogP contribution is -2.28. The van der Waals surface area contributed by atoms with Crippen molar-refractivity contribution in [1.82, 2.24) is 0 Å². The van der Waals surface area contributed by atoms with Gasteiger partial charge in [-0.2, -0.15) is 0 Å². The van der Waals surface area contributed by atoms with Crippen LogP contribution in [0.25, 0.3) is 33.4 Å². The molecule has 0 unspecified atom stereocenters. The quantitative estimate of drug-likeness (QED) is 0.160. The maximum Gasteiger partial charge on any atom is 0.127 e. The van der Waals surface area contributed by atoms with Crippen LogP contribution in [0.4, 0.5) is 0 Å². The summed E-state index contributed by atoms with van der Waals surface area (Å²) in [6.07, 6.45) is 0. The predicted octanol–water partition coefficient (Wildman–Crippen LogP) is 13.3. The lowest BCUT2D eigenvalue weighted by atomic mass is 9.68. The van der Waals surface area contributed by atoms with Crippen molar-refractivity contribution < 1.29 is 9.47 Å².